The van der Waals surface area contributed by atoms with E-state index < -0.39 is 10.0 Å². The van der Waals surface area contributed by atoms with Crippen LogP contribution in [0.5, 0.6) is 0 Å². The zero-order chi connectivity index (χ0) is 18.7. The SMILES string of the molecule is CN1CCc2nc(NC(=O)CCCN(C)S(=O)(=O)c3cccs3)sc2C1. The second kappa shape index (κ2) is 8.13. The zero-order valence-electron chi connectivity index (χ0n) is 14.8. The maximum atomic E-state index is 12.3. The Morgan fingerprint density at radius 1 is 1.46 bits per heavy atom. The van der Waals surface area contributed by atoms with E-state index in [1.165, 1.54) is 31.9 Å². The molecule has 0 saturated carbocycles. The van der Waals surface area contributed by atoms with Crippen molar-refractivity contribution < 1.29 is 13.2 Å². The van der Waals surface area contributed by atoms with Crippen LogP contribution in [0.25, 0.3) is 0 Å². The van der Waals surface area contributed by atoms with Gasteiger partial charge in [0.15, 0.2) is 5.13 Å². The molecule has 1 aliphatic rings. The van der Waals surface area contributed by atoms with Gasteiger partial charge in [0, 0.05) is 44.4 Å². The van der Waals surface area contributed by atoms with Crippen molar-refractivity contribution in [3.8, 4) is 0 Å². The molecule has 1 N–H and O–H groups in total. The molecule has 1 amide bonds. The molecule has 142 valence electrons. The lowest BCUT2D eigenvalue weighted by atomic mass is 10.2. The van der Waals surface area contributed by atoms with Crippen molar-refractivity contribution in [1.29, 1.82) is 0 Å². The highest BCUT2D eigenvalue weighted by Crippen LogP contribution is 2.27. The van der Waals surface area contributed by atoms with Gasteiger partial charge in [0.2, 0.25) is 5.91 Å². The summed E-state index contributed by atoms with van der Waals surface area (Å²) in [6.07, 6.45) is 1.62. The van der Waals surface area contributed by atoms with Crippen LogP contribution < -0.4 is 5.32 Å². The molecule has 0 fully saturated rings. The highest BCUT2D eigenvalue weighted by atomic mass is 32.2. The first-order valence-electron chi connectivity index (χ1n) is 8.33. The molecule has 3 heterocycles. The van der Waals surface area contributed by atoms with E-state index in [0.29, 0.717) is 22.3 Å². The van der Waals surface area contributed by atoms with Gasteiger partial charge in [-0.3, -0.25) is 4.79 Å². The number of amides is 1. The molecule has 0 spiro atoms. The molecule has 0 aliphatic carbocycles. The van der Waals surface area contributed by atoms with Gasteiger partial charge < -0.3 is 10.2 Å². The molecule has 2 aromatic heterocycles. The number of nitrogens with zero attached hydrogens (tertiary/aromatic N) is 3. The van der Waals surface area contributed by atoms with Gasteiger partial charge >= 0.3 is 0 Å². The fourth-order valence-corrected chi connectivity index (χ4v) is 6.22. The van der Waals surface area contributed by atoms with Crippen LogP contribution in [0.4, 0.5) is 5.13 Å². The predicted octanol–water partition coefficient (Wildman–Crippen LogP) is 2.23. The molecular formula is C16H22N4O3S3. The quantitative estimate of drug-likeness (QED) is 0.751. The van der Waals surface area contributed by atoms with Gasteiger partial charge in [0.1, 0.15) is 4.21 Å². The maximum absolute atomic E-state index is 12.3. The van der Waals surface area contributed by atoms with Crippen LogP contribution >= 0.6 is 22.7 Å². The summed E-state index contributed by atoms with van der Waals surface area (Å²) in [6.45, 7) is 2.15. The summed E-state index contributed by atoms with van der Waals surface area (Å²) in [7, 11) is 0.156. The smallest absolute Gasteiger partial charge is 0.252 e. The van der Waals surface area contributed by atoms with Crippen LogP contribution in [0.2, 0.25) is 0 Å². The average molecular weight is 415 g/mol. The molecule has 7 nitrogen and oxygen atoms in total. The number of rotatable bonds is 7. The Bertz CT molecular complexity index is 861. The third-order valence-corrected chi connectivity index (χ3v) is 8.43. The van der Waals surface area contributed by atoms with E-state index in [2.05, 4.69) is 22.2 Å². The number of thiazole rings is 1. The number of anilines is 1. The number of likely N-dealkylation sites (N-methyl/N-ethyl adjacent to an activating group) is 1. The van der Waals surface area contributed by atoms with Crippen LogP contribution in [0.1, 0.15) is 23.4 Å². The minimum atomic E-state index is -3.45. The van der Waals surface area contributed by atoms with Gasteiger partial charge in [0.05, 0.1) is 5.69 Å². The minimum absolute atomic E-state index is 0.133. The van der Waals surface area contributed by atoms with Crippen LogP contribution in [0.3, 0.4) is 0 Å². The molecule has 1 aliphatic heterocycles. The fourth-order valence-electron chi connectivity index (χ4n) is 2.70. The Kier molecular flexibility index (Phi) is 6.08. The van der Waals surface area contributed by atoms with Gasteiger partial charge in [-0.25, -0.2) is 17.7 Å². The highest BCUT2D eigenvalue weighted by molar-refractivity contribution is 7.91. The normalized spacial score (nSPS) is 15.2. The molecular weight excluding hydrogens is 392 g/mol. The monoisotopic (exact) mass is 414 g/mol. The van der Waals surface area contributed by atoms with E-state index in [1.807, 2.05) is 0 Å². The zero-order valence-corrected chi connectivity index (χ0v) is 17.2. The van der Waals surface area contributed by atoms with Crippen molar-refractivity contribution in [2.24, 2.45) is 0 Å². The maximum Gasteiger partial charge on any atom is 0.252 e. The molecule has 0 bridgehead atoms. The van der Waals surface area contributed by atoms with Crippen LogP contribution in [0.15, 0.2) is 21.7 Å². The fraction of sp³-hybridized carbons (Fsp3) is 0.500. The van der Waals surface area contributed by atoms with Gasteiger partial charge in [-0.05, 0) is 24.9 Å². The number of carbonyl (C=O) groups excluding carboxylic acids is 1. The molecule has 3 rings (SSSR count). The van der Waals surface area contributed by atoms with E-state index in [-0.39, 0.29) is 12.3 Å². The van der Waals surface area contributed by atoms with Crippen LogP contribution in [-0.4, -0.2) is 55.7 Å². The molecule has 0 atom stereocenters. The van der Waals surface area contributed by atoms with Gasteiger partial charge in [-0.1, -0.05) is 6.07 Å². The Morgan fingerprint density at radius 3 is 3.00 bits per heavy atom. The largest absolute Gasteiger partial charge is 0.302 e. The molecule has 0 saturated heterocycles. The first-order chi connectivity index (χ1) is 12.4. The number of nitrogens with one attached hydrogen (secondary N) is 1. The molecule has 2 aromatic rings. The van der Waals surface area contributed by atoms with Crippen molar-refractivity contribution in [3.63, 3.8) is 0 Å². The minimum Gasteiger partial charge on any atom is -0.302 e. The van der Waals surface area contributed by atoms with E-state index in [1.54, 1.807) is 24.6 Å². The van der Waals surface area contributed by atoms with Crippen molar-refractivity contribution in [1.82, 2.24) is 14.2 Å². The summed E-state index contributed by atoms with van der Waals surface area (Å²) >= 11 is 2.71. The first-order valence-corrected chi connectivity index (χ1v) is 11.5. The van der Waals surface area contributed by atoms with Crippen LogP contribution in [0, 0.1) is 0 Å². The number of carbonyl (C=O) groups is 1. The number of thiophene rings is 1. The second-order valence-corrected chi connectivity index (χ2v) is 10.6. The Balaban J connectivity index is 1.47. The topological polar surface area (TPSA) is 82.6 Å². The predicted molar refractivity (Wildman–Crippen MR) is 104 cm³/mol. The number of hydrogen-bond donors (Lipinski definition) is 1. The Morgan fingerprint density at radius 2 is 2.27 bits per heavy atom. The lowest BCUT2D eigenvalue weighted by Crippen LogP contribution is -2.28. The van der Waals surface area contributed by atoms with Crippen molar-refractivity contribution in [2.75, 3.05) is 32.5 Å². The number of hydrogen-bond acceptors (Lipinski definition) is 7. The highest BCUT2D eigenvalue weighted by Gasteiger charge is 2.22. The standard InChI is InChI=1S/C16H22N4O3S3/c1-19-9-7-12-13(11-19)25-16(17-12)18-14(21)5-3-8-20(2)26(22,23)15-6-4-10-24-15/h4,6,10H,3,5,7-9,11H2,1-2H3,(H,17,18,21). The van der Waals surface area contributed by atoms with Gasteiger partial charge in [0.25, 0.3) is 10.0 Å². The third-order valence-electron chi connectivity index (χ3n) is 4.20. The van der Waals surface area contributed by atoms with Crippen molar-refractivity contribution in [3.05, 3.63) is 28.1 Å². The molecule has 0 radical (unpaired) electrons. The number of aromatic nitrogens is 1. The Hall–Kier alpha value is -1.33. The van der Waals surface area contributed by atoms with E-state index >= 15 is 0 Å². The molecule has 26 heavy (non-hydrogen) atoms. The second-order valence-electron chi connectivity index (χ2n) is 6.29. The number of fused-ring (bicyclic) bond motifs is 1. The summed E-state index contributed by atoms with van der Waals surface area (Å²) in [5.41, 5.74) is 1.07. The van der Waals surface area contributed by atoms with Crippen molar-refractivity contribution >= 4 is 43.7 Å². The van der Waals surface area contributed by atoms with Crippen molar-refractivity contribution in [2.45, 2.75) is 30.0 Å². The summed E-state index contributed by atoms with van der Waals surface area (Å²) in [6, 6.07) is 3.30. The van der Waals surface area contributed by atoms with Gasteiger partial charge in [-0.2, -0.15) is 0 Å². The third kappa shape index (κ3) is 4.49. The van der Waals surface area contributed by atoms with E-state index in [4.69, 9.17) is 0 Å². The summed E-state index contributed by atoms with van der Waals surface area (Å²) in [5, 5.41) is 5.21. The molecule has 10 heteroatoms. The lowest BCUT2D eigenvalue weighted by Gasteiger charge is -2.20. The average Bonchev–Trinajstić information content (AvgIpc) is 3.23. The van der Waals surface area contributed by atoms with Gasteiger partial charge in [-0.15, -0.1) is 22.7 Å². The summed E-state index contributed by atoms with van der Waals surface area (Å²) in [5.74, 6) is -0.133. The van der Waals surface area contributed by atoms with E-state index in [9.17, 15) is 13.2 Å². The lowest BCUT2D eigenvalue weighted by molar-refractivity contribution is -0.116. The number of sulfonamides is 1. The van der Waals surface area contributed by atoms with Crippen LogP contribution in [-0.2, 0) is 27.8 Å². The van der Waals surface area contributed by atoms with E-state index in [0.717, 1.165) is 25.2 Å². The molecule has 0 aromatic carbocycles. The Labute approximate surface area is 161 Å². The summed E-state index contributed by atoms with van der Waals surface area (Å²) < 4.78 is 26.3. The summed E-state index contributed by atoms with van der Waals surface area (Å²) in [4.78, 5) is 20.1. The first kappa shape index (κ1) is 19.4. The molecule has 0 unspecified atom stereocenters.